The highest BCUT2D eigenvalue weighted by Gasteiger charge is 2.50. The maximum atomic E-state index is 13.6. The van der Waals surface area contributed by atoms with Crippen molar-refractivity contribution in [2.24, 2.45) is 0 Å². The van der Waals surface area contributed by atoms with Gasteiger partial charge in [-0.25, -0.2) is 0 Å². The molecule has 1 aromatic carbocycles. The van der Waals surface area contributed by atoms with Crippen LogP contribution in [0.3, 0.4) is 0 Å². The molecule has 1 aliphatic rings. The van der Waals surface area contributed by atoms with Gasteiger partial charge in [0.2, 0.25) is 5.91 Å². The Hall–Kier alpha value is -3.25. The van der Waals surface area contributed by atoms with Gasteiger partial charge in [0, 0.05) is 49.9 Å². The van der Waals surface area contributed by atoms with Gasteiger partial charge in [0.25, 0.3) is 0 Å². The molecule has 1 aliphatic heterocycles. The molecular weight excluding hydrogens is 400 g/mol. The van der Waals surface area contributed by atoms with E-state index in [-0.39, 0.29) is 5.91 Å². The van der Waals surface area contributed by atoms with Crippen LogP contribution in [-0.4, -0.2) is 46.3 Å². The molecule has 2 aromatic heterocycles. The monoisotopic (exact) mass is 430 g/mol. The molecule has 0 spiro atoms. The van der Waals surface area contributed by atoms with E-state index in [0.29, 0.717) is 13.2 Å². The van der Waals surface area contributed by atoms with Gasteiger partial charge in [-0.15, -0.1) is 0 Å². The molecule has 0 aliphatic carbocycles. The van der Waals surface area contributed by atoms with Gasteiger partial charge in [0.05, 0.1) is 5.69 Å². The van der Waals surface area contributed by atoms with Crippen molar-refractivity contribution < 1.29 is 9.53 Å². The van der Waals surface area contributed by atoms with E-state index < -0.39 is 5.54 Å². The molecule has 1 amide bonds. The molecule has 6 nitrogen and oxygen atoms in total. The number of likely N-dealkylation sites (N-methyl/N-ethyl adjacent to an activating group) is 1. The number of likely N-dealkylation sites (tertiary alicyclic amines) is 1. The van der Waals surface area contributed by atoms with Gasteiger partial charge in [-0.2, -0.15) is 0 Å². The van der Waals surface area contributed by atoms with Gasteiger partial charge in [-0.3, -0.25) is 19.7 Å². The van der Waals surface area contributed by atoms with Crippen molar-refractivity contribution in [2.45, 2.75) is 38.5 Å². The molecule has 0 N–H and O–H groups in total. The highest BCUT2D eigenvalue weighted by molar-refractivity contribution is 5.87. The summed E-state index contributed by atoms with van der Waals surface area (Å²) in [7, 11) is 3.64. The average molecular weight is 431 g/mol. The van der Waals surface area contributed by atoms with Crippen LogP contribution in [-0.2, 0) is 23.5 Å². The van der Waals surface area contributed by atoms with E-state index in [0.717, 1.165) is 47.7 Å². The Kier molecular flexibility index (Phi) is 6.51. The molecule has 4 rings (SSSR count). The molecule has 6 heteroatoms. The topological polar surface area (TPSA) is 58.6 Å². The molecule has 0 unspecified atom stereocenters. The molecule has 32 heavy (non-hydrogen) atoms. The van der Waals surface area contributed by atoms with Crippen LogP contribution < -0.4 is 4.74 Å². The van der Waals surface area contributed by atoms with Gasteiger partial charge >= 0.3 is 0 Å². The fourth-order valence-corrected chi connectivity index (χ4v) is 4.50. The number of aryl methyl sites for hydroxylation is 1. The van der Waals surface area contributed by atoms with Gasteiger partial charge in [-0.1, -0.05) is 30.3 Å². The number of carbonyl (C=O) groups is 1. The predicted molar refractivity (Wildman–Crippen MR) is 124 cm³/mol. The minimum absolute atomic E-state index is 0.0712. The van der Waals surface area contributed by atoms with E-state index in [1.807, 2.05) is 75.7 Å². The van der Waals surface area contributed by atoms with Crippen molar-refractivity contribution in [3.63, 3.8) is 0 Å². The summed E-state index contributed by atoms with van der Waals surface area (Å²) in [6, 6.07) is 17.9. The van der Waals surface area contributed by atoms with Crippen LogP contribution in [0.15, 0.2) is 67.0 Å². The molecule has 1 saturated heterocycles. The second-order valence-corrected chi connectivity index (χ2v) is 8.51. The molecule has 3 heterocycles. The Bertz CT molecular complexity index is 1070. The second kappa shape index (κ2) is 9.49. The van der Waals surface area contributed by atoms with Crippen molar-refractivity contribution >= 4 is 5.91 Å². The number of aromatic nitrogens is 2. The maximum absolute atomic E-state index is 13.6. The first-order chi connectivity index (χ1) is 15.5. The van der Waals surface area contributed by atoms with Gasteiger partial charge in [-0.05, 0) is 50.6 Å². The largest absolute Gasteiger partial charge is 0.489 e. The zero-order valence-electron chi connectivity index (χ0n) is 19.0. The quantitative estimate of drug-likeness (QED) is 0.568. The number of carbonyl (C=O) groups excluding carboxylic acids is 1. The Balaban J connectivity index is 1.65. The van der Waals surface area contributed by atoms with Gasteiger partial charge in [0.1, 0.15) is 17.9 Å². The van der Waals surface area contributed by atoms with Gasteiger partial charge in [0.15, 0.2) is 0 Å². The normalized spacial score (nSPS) is 18.5. The smallest absolute Gasteiger partial charge is 0.248 e. The van der Waals surface area contributed by atoms with E-state index in [1.54, 1.807) is 11.1 Å². The fourth-order valence-electron chi connectivity index (χ4n) is 4.50. The number of hydrogen-bond donors (Lipinski definition) is 0. The maximum Gasteiger partial charge on any atom is 0.248 e. The van der Waals surface area contributed by atoms with Crippen LogP contribution in [0.1, 0.15) is 35.4 Å². The fraction of sp³-hybridized carbons (Fsp3) is 0.346. The van der Waals surface area contributed by atoms with E-state index >= 15 is 0 Å². The molecule has 1 atom stereocenters. The summed E-state index contributed by atoms with van der Waals surface area (Å²) in [6.07, 6.45) is 5.26. The number of hydrogen-bond acceptors (Lipinski definition) is 5. The van der Waals surface area contributed by atoms with Crippen molar-refractivity contribution in [3.05, 3.63) is 89.5 Å². The van der Waals surface area contributed by atoms with Crippen molar-refractivity contribution in [3.8, 4) is 5.75 Å². The molecule has 3 aromatic rings. The summed E-state index contributed by atoms with van der Waals surface area (Å²) in [5, 5.41) is 0. The number of rotatable bonds is 7. The summed E-state index contributed by atoms with van der Waals surface area (Å²) in [5.74, 6) is 0.897. The highest BCUT2D eigenvalue weighted by atomic mass is 16.5. The molecule has 0 bridgehead atoms. The molecule has 0 radical (unpaired) electrons. The number of nitrogens with zero attached hydrogens (tertiary/aromatic N) is 4. The lowest BCUT2D eigenvalue weighted by atomic mass is 9.89. The number of para-hydroxylation sites is 1. The van der Waals surface area contributed by atoms with Crippen LogP contribution in [0.25, 0.3) is 0 Å². The first-order valence-electron chi connectivity index (χ1n) is 11.0. The molecule has 166 valence electrons. The third-order valence-electron chi connectivity index (χ3n) is 6.03. The zero-order chi connectivity index (χ0) is 22.6. The average Bonchev–Trinajstić information content (AvgIpc) is 3.23. The summed E-state index contributed by atoms with van der Waals surface area (Å²) >= 11 is 0. The summed E-state index contributed by atoms with van der Waals surface area (Å²) in [6.45, 7) is 3.86. The van der Waals surface area contributed by atoms with Crippen molar-refractivity contribution in [1.29, 1.82) is 0 Å². The molecular formula is C26H30N4O2. The van der Waals surface area contributed by atoms with E-state index in [9.17, 15) is 4.79 Å². The predicted octanol–water partition coefficient (Wildman–Crippen LogP) is 3.94. The first kappa shape index (κ1) is 22.0. The standard InChI is InChI=1S/C26H30N4O2/c1-20-9-6-13-24(28-20)26(25(31)29(2)3)14-8-16-30(26)18-22-11-4-5-12-23(22)32-19-21-10-7-15-27-17-21/h4-7,9-13,15,17H,8,14,16,18-19H2,1-3H3/t26-/m1/s1. The number of ether oxygens (including phenoxy) is 1. The Morgan fingerprint density at radius 2 is 1.97 bits per heavy atom. The lowest BCUT2D eigenvalue weighted by Gasteiger charge is -2.39. The van der Waals surface area contributed by atoms with Crippen molar-refractivity contribution in [1.82, 2.24) is 19.8 Å². The SMILES string of the molecule is Cc1cccc([C@@]2(C(=O)N(C)C)CCCN2Cc2ccccc2OCc2cccnc2)n1. The van der Waals surface area contributed by atoms with E-state index in [4.69, 9.17) is 9.72 Å². The number of amides is 1. The third-order valence-corrected chi connectivity index (χ3v) is 6.03. The summed E-state index contributed by atoms with van der Waals surface area (Å²) < 4.78 is 6.16. The first-order valence-corrected chi connectivity index (χ1v) is 11.0. The lowest BCUT2D eigenvalue weighted by Crippen LogP contribution is -2.52. The van der Waals surface area contributed by atoms with E-state index in [1.165, 1.54) is 0 Å². The number of benzene rings is 1. The minimum atomic E-state index is -0.772. The van der Waals surface area contributed by atoms with Crippen LogP contribution in [0.2, 0.25) is 0 Å². The Labute approximate surface area is 189 Å². The summed E-state index contributed by atoms with van der Waals surface area (Å²) in [4.78, 5) is 26.5. The van der Waals surface area contributed by atoms with Gasteiger partial charge < -0.3 is 9.64 Å². The highest BCUT2D eigenvalue weighted by Crippen LogP contribution is 2.41. The van der Waals surface area contributed by atoms with Crippen molar-refractivity contribution in [2.75, 3.05) is 20.6 Å². The Morgan fingerprint density at radius 3 is 2.72 bits per heavy atom. The molecule has 0 saturated carbocycles. The second-order valence-electron chi connectivity index (χ2n) is 8.51. The minimum Gasteiger partial charge on any atom is -0.489 e. The third kappa shape index (κ3) is 4.36. The van der Waals surface area contributed by atoms with E-state index in [2.05, 4.69) is 16.0 Å². The van der Waals surface area contributed by atoms with Crippen LogP contribution in [0.4, 0.5) is 0 Å². The number of pyridine rings is 2. The molecule has 1 fully saturated rings. The van der Waals surface area contributed by atoms with Crippen LogP contribution >= 0.6 is 0 Å². The van der Waals surface area contributed by atoms with Crippen LogP contribution in [0.5, 0.6) is 5.75 Å². The van der Waals surface area contributed by atoms with Crippen LogP contribution in [0, 0.1) is 6.92 Å². The summed E-state index contributed by atoms with van der Waals surface area (Å²) in [5.41, 5.74) is 3.04. The zero-order valence-corrected chi connectivity index (χ0v) is 19.0. The Morgan fingerprint density at radius 1 is 1.12 bits per heavy atom. The lowest BCUT2D eigenvalue weighted by molar-refractivity contribution is -0.141.